The van der Waals surface area contributed by atoms with Gasteiger partial charge < -0.3 is 10.0 Å². The van der Waals surface area contributed by atoms with E-state index in [-0.39, 0.29) is 12.5 Å². The van der Waals surface area contributed by atoms with Crippen LogP contribution in [0.4, 0.5) is 0 Å². The molecule has 4 nitrogen and oxygen atoms in total. The van der Waals surface area contributed by atoms with Crippen LogP contribution in [0.1, 0.15) is 24.3 Å². The predicted molar refractivity (Wildman–Crippen MR) is 85.8 cm³/mol. The Balaban J connectivity index is 2.18. The molecule has 0 fully saturated rings. The van der Waals surface area contributed by atoms with Gasteiger partial charge in [-0.2, -0.15) is 0 Å². The van der Waals surface area contributed by atoms with Crippen LogP contribution in [0.5, 0.6) is 0 Å². The number of likely N-dealkylation sites (N-methyl/N-ethyl adjacent to an activating group) is 1. The van der Waals surface area contributed by atoms with Crippen molar-refractivity contribution in [1.29, 1.82) is 0 Å². The van der Waals surface area contributed by atoms with Crippen LogP contribution in [0.2, 0.25) is 5.02 Å². The summed E-state index contributed by atoms with van der Waals surface area (Å²) in [7, 11) is 1.65. The first-order valence-corrected chi connectivity index (χ1v) is 7.71. The van der Waals surface area contributed by atoms with Crippen LogP contribution >= 0.6 is 22.9 Å². The molecule has 0 atom stereocenters. The third kappa shape index (κ3) is 4.27. The van der Waals surface area contributed by atoms with Crippen molar-refractivity contribution in [3.05, 3.63) is 40.4 Å². The van der Waals surface area contributed by atoms with Crippen LogP contribution in [-0.2, 0) is 0 Å². The minimum atomic E-state index is -0.934. The van der Waals surface area contributed by atoms with E-state index >= 15 is 0 Å². The third-order valence-electron chi connectivity index (χ3n) is 2.77. The molecule has 1 amide bonds. The highest BCUT2D eigenvalue weighted by Gasteiger charge is 2.22. The summed E-state index contributed by atoms with van der Waals surface area (Å²) in [5, 5.41) is 12.9. The van der Waals surface area contributed by atoms with Gasteiger partial charge in [-0.05, 0) is 26.0 Å². The van der Waals surface area contributed by atoms with Gasteiger partial charge >= 0.3 is 0 Å². The lowest BCUT2D eigenvalue weighted by atomic mass is 10.1. The summed E-state index contributed by atoms with van der Waals surface area (Å²) in [4.78, 5) is 18.1. The molecule has 0 spiro atoms. The molecule has 112 valence electrons. The molecule has 0 saturated heterocycles. The fourth-order valence-corrected chi connectivity index (χ4v) is 2.95. The summed E-state index contributed by atoms with van der Waals surface area (Å²) in [6.07, 6.45) is 0. The van der Waals surface area contributed by atoms with Crippen molar-refractivity contribution in [3.63, 3.8) is 0 Å². The molecule has 6 heteroatoms. The number of aromatic nitrogens is 1. The zero-order valence-electron chi connectivity index (χ0n) is 12.1. The maximum absolute atomic E-state index is 12.3. The normalized spacial score (nSPS) is 11.5. The first kappa shape index (κ1) is 15.9. The molecule has 2 aromatic rings. The number of amides is 1. The molecular formula is C15H17ClN2O2S. The molecule has 1 aromatic heterocycles. The monoisotopic (exact) mass is 324 g/mol. The maximum Gasteiger partial charge on any atom is 0.273 e. The molecular weight excluding hydrogens is 308 g/mol. The molecule has 2 rings (SSSR count). The second-order valence-electron chi connectivity index (χ2n) is 5.52. The predicted octanol–water partition coefficient (Wildman–Crippen LogP) is 3.31. The molecule has 1 N–H and O–H groups in total. The Morgan fingerprint density at radius 3 is 2.81 bits per heavy atom. The minimum absolute atomic E-state index is 0.207. The maximum atomic E-state index is 12.3. The van der Waals surface area contributed by atoms with E-state index in [1.807, 2.05) is 18.2 Å². The molecule has 21 heavy (non-hydrogen) atoms. The van der Waals surface area contributed by atoms with Gasteiger partial charge in [0.1, 0.15) is 10.7 Å². The van der Waals surface area contributed by atoms with E-state index in [0.717, 1.165) is 10.6 Å². The number of hydrogen-bond donors (Lipinski definition) is 1. The zero-order valence-corrected chi connectivity index (χ0v) is 13.7. The molecule has 0 saturated carbocycles. The molecule has 0 aliphatic heterocycles. The van der Waals surface area contributed by atoms with Gasteiger partial charge in [0, 0.05) is 29.6 Å². The van der Waals surface area contributed by atoms with E-state index in [4.69, 9.17) is 11.6 Å². The number of carbonyl (C=O) groups is 1. The first-order chi connectivity index (χ1) is 9.76. The van der Waals surface area contributed by atoms with Gasteiger partial charge in [-0.1, -0.05) is 23.7 Å². The number of aliphatic hydroxyl groups is 1. The van der Waals surface area contributed by atoms with E-state index in [0.29, 0.717) is 10.7 Å². The fraction of sp³-hybridized carbons (Fsp3) is 0.333. The third-order valence-corrected chi connectivity index (χ3v) is 3.89. The van der Waals surface area contributed by atoms with E-state index in [9.17, 15) is 9.90 Å². The molecule has 0 bridgehead atoms. The van der Waals surface area contributed by atoms with Crippen LogP contribution in [0.3, 0.4) is 0 Å². The fourth-order valence-electron chi connectivity index (χ4n) is 1.97. The SMILES string of the molecule is CN(CC(C)(C)O)C(=O)c1csc(-c2cccc(Cl)c2)n1. The first-order valence-electron chi connectivity index (χ1n) is 6.45. The van der Waals surface area contributed by atoms with Crippen molar-refractivity contribution >= 4 is 28.8 Å². The van der Waals surface area contributed by atoms with E-state index in [1.165, 1.54) is 16.2 Å². The Bertz CT molecular complexity index is 649. The molecule has 1 aromatic carbocycles. The van der Waals surface area contributed by atoms with Crippen LogP contribution < -0.4 is 0 Å². The molecule has 0 aliphatic carbocycles. The Morgan fingerprint density at radius 2 is 2.19 bits per heavy atom. The summed E-state index contributed by atoms with van der Waals surface area (Å²) in [5.74, 6) is -0.207. The van der Waals surface area contributed by atoms with Crippen LogP contribution in [0, 0.1) is 0 Å². The quantitative estimate of drug-likeness (QED) is 0.938. The summed E-state index contributed by atoms with van der Waals surface area (Å²) in [6, 6.07) is 7.36. The minimum Gasteiger partial charge on any atom is -0.389 e. The van der Waals surface area contributed by atoms with Gasteiger partial charge in [0.15, 0.2) is 0 Å². The highest BCUT2D eigenvalue weighted by Crippen LogP contribution is 2.26. The van der Waals surface area contributed by atoms with Gasteiger partial charge in [-0.3, -0.25) is 4.79 Å². The number of hydrogen-bond acceptors (Lipinski definition) is 4. The molecule has 0 radical (unpaired) electrons. The number of benzene rings is 1. The van der Waals surface area contributed by atoms with Gasteiger partial charge in [0.25, 0.3) is 5.91 Å². The highest BCUT2D eigenvalue weighted by atomic mass is 35.5. The van der Waals surface area contributed by atoms with Gasteiger partial charge in [-0.25, -0.2) is 4.98 Å². The number of thiazole rings is 1. The van der Waals surface area contributed by atoms with Crippen molar-refractivity contribution < 1.29 is 9.90 Å². The van der Waals surface area contributed by atoms with Gasteiger partial charge in [0.05, 0.1) is 5.60 Å². The van der Waals surface area contributed by atoms with Crippen molar-refractivity contribution in [3.8, 4) is 10.6 Å². The molecule has 0 unspecified atom stereocenters. The molecule has 1 heterocycles. The Morgan fingerprint density at radius 1 is 1.48 bits per heavy atom. The lowest BCUT2D eigenvalue weighted by Crippen LogP contribution is -2.39. The van der Waals surface area contributed by atoms with Crippen LogP contribution in [0.15, 0.2) is 29.6 Å². The smallest absolute Gasteiger partial charge is 0.273 e. The van der Waals surface area contributed by atoms with Gasteiger partial charge in [0.2, 0.25) is 0 Å². The Labute approximate surface area is 133 Å². The lowest BCUT2D eigenvalue weighted by molar-refractivity contribution is 0.0365. The summed E-state index contributed by atoms with van der Waals surface area (Å²) in [5.41, 5.74) is 0.328. The van der Waals surface area contributed by atoms with E-state index < -0.39 is 5.60 Å². The van der Waals surface area contributed by atoms with Crippen LogP contribution in [0.25, 0.3) is 10.6 Å². The van der Waals surface area contributed by atoms with Crippen molar-refractivity contribution in [2.75, 3.05) is 13.6 Å². The number of halogens is 1. The largest absolute Gasteiger partial charge is 0.389 e. The average molecular weight is 325 g/mol. The van der Waals surface area contributed by atoms with Crippen molar-refractivity contribution in [2.45, 2.75) is 19.4 Å². The number of nitrogens with zero attached hydrogens (tertiary/aromatic N) is 2. The Hall–Kier alpha value is -1.43. The topological polar surface area (TPSA) is 53.4 Å². The summed E-state index contributed by atoms with van der Waals surface area (Å²) in [6.45, 7) is 3.57. The van der Waals surface area contributed by atoms with Crippen LogP contribution in [-0.4, -0.2) is 40.1 Å². The van der Waals surface area contributed by atoms with E-state index in [2.05, 4.69) is 4.98 Å². The Kier molecular flexibility index (Phi) is 4.66. The second-order valence-corrected chi connectivity index (χ2v) is 6.82. The highest BCUT2D eigenvalue weighted by molar-refractivity contribution is 7.13. The standard InChI is InChI=1S/C15H17ClN2O2S/c1-15(2,20)9-18(3)14(19)12-8-21-13(17-12)10-5-4-6-11(16)7-10/h4-8,20H,9H2,1-3H3. The average Bonchev–Trinajstić information content (AvgIpc) is 2.85. The number of rotatable bonds is 4. The molecule has 0 aliphatic rings. The second kappa shape index (κ2) is 6.13. The van der Waals surface area contributed by atoms with Crippen molar-refractivity contribution in [2.24, 2.45) is 0 Å². The van der Waals surface area contributed by atoms with Crippen molar-refractivity contribution in [1.82, 2.24) is 9.88 Å². The number of carbonyl (C=O) groups excluding carboxylic acids is 1. The summed E-state index contributed by atoms with van der Waals surface area (Å²) < 4.78 is 0. The van der Waals surface area contributed by atoms with Gasteiger partial charge in [-0.15, -0.1) is 11.3 Å². The lowest BCUT2D eigenvalue weighted by Gasteiger charge is -2.24. The van der Waals surface area contributed by atoms with E-state index in [1.54, 1.807) is 32.3 Å². The summed E-state index contributed by atoms with van der Waals surface area (Å²) >= 11 is 7.36. The zero-order chi connectivity index (χ0) is 15.6.